The Labute approximate surface area is 215 Å². The topological polar surface area (TPSA) is 82.5 Å². The molecule has 14 heteroatoms. The highest BCUT2D eigenvalue weighted by molar-refractivity contribution is 5.73. The minimum atomic E-state index is -4.63. The van der Waals surface area contributed by atoms with Gasteiger partial charge in [0.25, 0.3) is 0 Å². The molecule has 3 heterocycles. The Morgan fingerprint density at radius 2 is 1.76 bits per heavy atom. The lowest BCUT2D eigenvalue weighted by Gasteiger charge is -2.54. The number of aliphatic carboxylic acids is 1. The third kappa shape index (κ3) is 6.45. The summed E-state index contributed by atoms with van der Waals surface area (Å²) in [5.41, 5.74) is -0.265. The molecule has 0 bridgehead atoms. The van der Waals surface area contributed by atoms with Crippen LogP contribution in [0.1, 0.15) is 30.9 Å². The van der Waals surface area contributed by atoms with Crippen LogP contribution in [-0.2, 0) is 27.0 Å². The number of carboxylic acid groups (broad SMARTS) is 1. The highest BCUT2D eigenvalue weighted by atomic mass is 19.4. The van der Waals surface area contributed by atoms with Crippen LogP contribution in [0.3, 0.4) is 0 Å². The first-order valence-corrected chi connectivity index (χ1v) is 12.2. The Hall–Kier alpha value is -2.74. The van der Waals surface area contributed by atoms with E-state index in [1.807, 2.05) is 4.90 Å². The van der Waals surface area contributed by atoms with Gasteiger partial charge in [-0.1, -0.05) is 0 Å². The SMILES string of the molecule is CC(OC(=O)N1CCC2(CC1)CN(Cc1cc(N3CCOC(C(=O)O)C3)cc(C(F)(F)F)c1)C2)C(F)(F)F. The Bertz CT molecular complexity index is 1030. The van der Waals surface area contributed by atoms with Crippen LogP contribution in [0, 0.1) is 5.41 Å². The van der Waals surface area contributed by atoms with Crippen molar-refractivity contribution < 1.29 is 50.5 Å². The van der Waals surface area contributed by atoms with Crippen LogP contribution < -0.4 is 4.90 Å². The highest BCUT2D eigenvalue weighted by Crippen LogP contribution is 2.42. The third-order valence-corrected chi connectivity index (χ3v) is 7.36. The number of hydrogen-bond acceptors (Lipinski definition) is 6. The van der Waals surface area contributed by atoms with Gasteiger partial charge in [0.05, 0.1) is 18.7 Å². The summed E-state index contributed by atoms with van der Waals surface area (Å²) in [6.07, 6.45) is -12.4. The molecule has 0 radical (unpaired) electrons. The number of amides is 1. The van der Waals surface area contributed by atoms with E-state index in [1.165, 1.54) is 4.90 Å². The lowest BCUT2D eigenvalue weighted by atomic mass is 9.72. The monoisotopic (exact) mass is 553 g/mol. The standard InChI is InChI=1S/C24H29F6N3O5/c1-15(23(25,26)27)38-21(36)32-4-2-22(3-5-32)13-31(14-22)11-16-8-17(24(28,29)30)10-18(9-16)33-6-7-37-19(12-33)20(34)35/h8-10,15,19H,2-7,11-14H2,1H3,(H,34,35). The second-order valence-electron chi connectivity index (χ2n) is 10.2. The number of carbonyl (C=O) groups is 2. The van der Waals surface area contributed by atoms with Gasteiger partial charge in [0.15, 0.2) is 12.2 Å². The first-order valence-electron chi connectivity index (χ1n) is 12.2. The summed E-state index contributed by atoms with van der Waals surface area (Å²) in [4.78, 5) is 28.2. The maximum absolute atomic E-state index is 13.6. The molecule has 1 aromatic carbocycles. The summed E-state index contributed by atoms with van der Waals surface area (Å²) in [6.45, 7) is 2.95. The summed E-state index contributed by atoms with van der Waals surface area (Å²) in [5.74, 6) is -1.18. The van der Waals surface area contributed by atoms with Gasteiger partial charge in [-0.15, -0.1) is 0 Å². The molecule has 3 saturated heterocycles. The molecule has 38 heavy (non-hydrogen) atoms. The molecular formula is C24H29F6N3O5. The van der Waals surface area contributed by atoms with Crippen molar-refractivity contribution in [2.45, 2.75) is 50.9 Å². The van der Waals surface area contributed by atoms with E-state index >= 15 is 0 Å². The van der Waals surface area contributed by atoms with Gasteiger partial charge >= 0.3 is 24.4 Å². The van der Waals surface area contributed by atoms with Crippen LogP contribution in [0.5, 0.6) is 0 Å². The van der Waals surface area contributed by atoms with Crippen molar-refractivity contribution >= 4 is 17.7 Å². The average Bonchev–Trinajstić information content (AvgIpc) is 2.82. The summed E-state index contributed by atoms with van der Waals surface area (Å²) >= 11 is 0. The van der Waals surface area contributed by atoms with E-state index in [0.717, 1.165) is 19.1 Å². The number of likely N-dealkylation sites (tertiary alicyclic amines) is 2. The fourth-order valence-corrected chi connectivity index (χ4v) is 5.19. The van der Waals surface area contributed by atoms with Crippen LogP contribution in [0.4, 0.5) is 36.8 Å². The molecule has 0 aromatic heterocycles. The molecule has 1 amide bonds. The molecule has 8 nitrogen and oxygen atoms in total. The van der Waals surface area contributed by atoms with Gasteiger partial charge in [0.1, 0.15) is 0 Å². The summed E-state index contributed by atoms with van der Waals surface area (Å²) < 4.78 is 88.6. The number of piperidine rings is 1. The second kappa shape index (κ2) is 10.4. The number of morpholine rings is 1. The number of anilines is 1. The van der Waals surface area contributed by atoms with Crippen molar-refractivity contribution in [1.29, 1.82) is 0 Å². The molecule has 2 unspecified atom stereocenters. The van der Waals surface area contributed by atoms with Crippen LogP contribution in [0.25, 0.3) is 0 Å². The largest absolute Gasteiger partial charge is 0.479 e. The maximum atomic E-state index is 13.6. The van der Waals surface area contributed by atoms with Crippen LogP contribution in [0.2, 0.25) is 0 Å². The van der Waals surface area contributed by atoms with E-state index < -0.39 is 42.2 Å². The molecule has 3 fully saturated rings. The van der Waals surface area contributed by atoms with Gasteiger partial charge in [-0.05, 0) is 48.9 Å². The second-order valence-corrected chi connectivity index (χ2v) is 10.2. The zero-order valence-electron chi connectivity index (χ0n) is 20.6. The van der Waals surface area contributed by atoms with E-state index in [9.17, 15) is 41.0 Å². The zero-order chi connectivity index (χ0) is 27.9. The fraction of sp³-hybridized carbons (Fsp3) is 0.667. The molecule has 0 aliphatic carbocycles. The van der Waals surface area contributed by atoms with Crippen molar-refractivity contribution in [2.75, 3.05) is 50.8 Å². The summed E-state index contributed by atoms with van der Waals surface area (Å²) in [6, 6.07) is 3.73. The lowest BCUT2D eigenvalue weighted by molar-refractivity contribution is -0.200. The number of ether oxygens (including phenoxy) is 2. The molecule has 212 valence electrons. The van der Waals surface area contributed by atoms with Gasteiger partial charge < -0.3 is 24.4 Å². The number of carboxylic acids is 1. The average molecular weight is 554 g/mol. The Kier molecular flexibility index (Phi) is 7.77. The number of hydrogen-bond donors (Lipinski definition) is 1. The van der Waals surface area contributed by atoms with Crippen molar-refractivity contribution in [3.05, 3.63) is 29.3 Å². The Balaban J connectivity index is 1.36. The zero-order valence-corrected chi connectivity index (χ0v) is 20.6. The first-order chi connectivity index (χ1) is 17.6. The molecular weight excluding hydrogens is 524 g/mol. The number of halogens is 6. The van der Waals surface area contributed by atoms with Gasteiger partial charge in [-0.25, -0.2) is 9.59 Å². The maximum Gasteiger partial charge on any atom is 0.425 e. The van der Waals surface area contributed by atoms with Gasteiger partial charge in [0, 0.05) is 45.0 Å². The molecule has 0 saturated carbocycles. The molecule has 3 aliphatic rings. The minimum absolute atomic E-state index is 0.0659. The number of rotatable bonds is 5. The Morgan fingerprint density at radius 1 is 1.11 bits per heavy atom. The quantitative estimate of drug-likeness (QED) is 0.553. The molecule has 3 aliphatic heterocycles. The van der Waals surface area contributed by atoms with E-state index in [2.05, 4.69) is 4.74 Å². The van der Waals surface area contributed by atoms with Crippen LogP contribution in [-0.4, -0.2) is 91.2 Å². The van der Waals surface area contributed by atoms with Crippen LogP contribution >= 0.6 is 0 Å². The van der Waals surface area contributed by atoms with Gasteiger partial charge in [-0.2, -0.15) is 26.3 Å². The smallest absolute Gasteiger partial charge is 0.425 e. The number of carbonyl (C=O) groups excluding carboxylic acids is 1. The molecule has 1 spiro atoms. The minimum Gasteiger partial charge on any atom is -0.479 e. The van der Waals surface area contributed by atoms with Crippen LogP contribution in [0.15, 0.2) is 18.2 Å². The van der Waals surface area contributed by atoms with E-state index in [-0.39, 0.29) is 50.4 Å². The van der Waals surface area contributed by atoms with Crippen molar-refractivity contribution in [3.8, 4) is 0 Å². The molecule has 1 N–H and O–H groups in total. The van der Waals surface area contributed by atoms with Gasteiger partial charge in [-0.3, -0.25) is 4.90 Å². The number of benzene rings is 1. The lowest BCUT2D eigenvalue weighted by Crippen LogP contribution is -2.60. The predicted molar refractivity (Wildman–Crippen MR) is 122 cm³/mol. The summed E-state index contributed by atoms with van der Waals surface area (Å²) in [7, 11) is 0. The fourth-order valence-electron chi connectivity index (χ4n) is 5.19. The molecule has 2 atom stereocenters. The van der Waals surface area contributed by atoms with Crippen molar-refractivity contribution in [1.82, 2.24) is 9.80 Å². The Morgan fingerprint density at radius 3 is 2.34 bits per heavy atom. The number of nitrogens with zero attached hydrogens (tertiary/aromatic N) is 3. The van der Waals surface area contributed by atoms with E-state index in [0.29, 0.717) is 31.5 Å². The van der Waals surface area contributed by atoms with Gasteiger partial charge in [0.2, 0.25) is 0 Å². The molecule has 4 rings (SSSR count). The third-order valence-electron chi connectivity index (χ3n) is 7.36. The normalized spacial score (nSPS) is 23.2. The first kappa shape index (κ1) is 28.3. The molecule has 1 aromatic rings. The predicted octanol–water partition coefficient (Wildman–Crippen LogP) is 3.98. The van der Waals surface area contributed by atoms with Crippen molar-refractivity contribution in [2.24, 2.45) is 5.41 Å². The van der Waals surface area contributed by atoms with E-state index in [4.69, 9.17) is 4.74 Å². The van der Waals surface area contributed by atoms with Crippen molar-refractivity contribution in [3.63, 3.8) is 0 Å². The summed E-state index contributed by atoms with van der Waals surface area (Å²) in [5, 5.41) is 9.23. The van der Waals surface area contributed by atoms with E-state index in [1.54, 1.807) is 11.0 Å². The number of alkyl halides is 6. The highest BCUT2D eigenvalue weighted by Gasteiger charge is 2.46.